The van der Waals surface area contributed by atoms with Gasteiger partial charge in [-0.25, -0.2) is 0 Å². The number of piperidine rings is 1. The van der Waals surface area contributed by atoms with Gasteiger partial charge in [0.2, 0.25) is 0 Å². The van der Waals surface area contributed by atoms with Gasteiger partial charge >= 0.3 is 0 Å². The van der Waals surface area contributed by atoms with E-state index < -0.39 is 0 Å². The maximum atomic E-state index is 5.49. The van der Waals surface area contributed by atoms with Gasteiger partial charge in [0.05, 0.1) is 7.11 Å². The predicted molar refractivity (Wildman–Crippen MR) is 75.0 cm³/mol. The monoisotopic (exact) mass is 248 g/mol. The fourth-order valence-corrected chi connectivity index (χ4v) is 2.93. The molecule has 1 fully saturated rings. The van der Waals surface area contributed by atoms with Crippen molar-refractivity contribution in [2.45, 2.75) is 18.9 Å². The Balaban J connectivity index is 2.17. The highest BCUT2D eigenvalue weighted by atomic mass is 16.5. The lowest BCUT2D eigenvalue weighted by Gasteiger charge is -2.35. The number of benzene rings is 1. The minimum absolute atomic E-state index is 0.398. The molecule has 0 spiro atoms. The van der Waals surface area contributed by atoms with Crippen molar-refractivity contribution in [2.24, 2.45) is 5.92 Å². The first-order valence-corrected chi connectivity index (χ1v) is 6.75. The molecule has 1 N–H and O–H groups in total. The van der Waals surface area contributed by atoms with Crippen molar-refractivity contribution in [1.82, 2.24) is 10.2 Å². The molecule has 0 amide bonds. The lowest BCUT2D eigenvalue weighted by Crippen LogP contribution is -2.36. The Morgan fingerprint density at radius 3 is 2.56 bits per heavy atom. The van der Waals surface area contributed by atoms with E-state index in [9.17, 15) is 0 Å². The number of likely N-dealkylation sites (tertiary alicyclic amines) is 1. The molecule has 0 aromatic heterocycles. The van der Waals surface area contributed by atoms with Crippen LogP contribution >= 0.6 is 0 Å². The van der Waals surface area contributed by atoms with Crippen LogP contribution in [-0.2, 0) is 0 Å². The first-order chi connectivity index (χ1) is 8.76. The van der Waals surface area contributed by atoms with Crippen LogP contribution in [0.15, 0.2) is 24.3 Å². The number of nitrogens with zero attached hydrogens (tertiary/aromatic N) is 1. The van der Waals surface area contributed by atoms with Gasteiger partial charge < -0.3 is 15.0 Å². The van der Waals surface area contributed by atoms with Crippen molar-refractivity contribution >= 4 is 0 Å². The molecule has 2 rings (SSSR count). The number of hydrogen-bond acceptors (Lipinski definition) is 3. The van der Waals surface area contributed by atoms with Crippen LogP contribution in [0.4, 0.5) is 0 Å². The summed E-state index contributed by atoms with van der Waals surface area (Å²) in [6.45, 7) is 2.38. The zero-order valence-corrected chi connectivity index (χ0v) is 11.6. The largest absolute Gasteiger partial charge is 0.496 e. The maximum Gasteiger partial charge on any atom is 0.123 e. The molecule has 18 heavy (non-hydrogen) atoms. The summed E-state index contributed by atoms with van der Waals surface area (Å²) in [7, 11) is 6.00. The summed E-state index contributed by atoms with van der Waals surface area (Å²) in [5.41, 5.74) is 1.29. The predicted octanol–water partition coefficient (Wildman–Crippen LogP) is 2.30. The summed E-state index contributed by atoms with van der Waals surface area (Å²) in [5.74, 6) is 1.69. The molecular formula is C15H24N2O. The quantitative estimate of drug-likeness (QED) is 0.885. The number of para-hydroxylation sites is 1. The average molecular weight is 248 g/mol. The molecule has 1 heterocycles. The Morgan fingerprint density at radius 1 is 1.28 bits per heavy atom. The topological polar surface area (TPSA) is 24.5 Å². The molecule has 0 aliphatic carbocycles. The molecule has 1 aliphatic rings. The van der Waals surface area contributed by atoms with Crippen molar-refractivity contribution in [3.8, 4) is 5.75 Å². The van der Waals surface area contributed by atoms with E-state index in [1.165, 1.54) is 31.5 Å². The Morgan fingerprint density at radius 2 is 1.94 bits per heavy atom. The van der Waals surface area contributed by atoms with Gasteiger partial charge in [0.15, 0.2) is 0 Å². The van der Waals surface area contributed by atoms with Gasteiger partial charge in [-0.3, -0.25) is 0 Å². The highest BCUT2D eigenvalue weighted by Crippen LogP contribution is 2.34. The molecule has 0 bridgehead atoms. The smallest absolute Gasteiger partial charge is 0.123 e. The van der Waals surface area contributed by atoms with Crippen LogP contribution in [0, 0.1) is 5.92 Å². The maximum absolute atomic E-state index is 5.49. The van der Waals surface area contributed by atoms with Crippen LogP contribution in [0.3, 0.4) is 0 Å². The number of nitrogens with one attached hydrogen (secondary N) is 1. The third-order valence-corrected chi connectivity index (χ3v) is 4.02. The highest BCUT2D eigenvalue weighted by molar-refractivity contribution is 5.36. The summed E-state index contributed by atoms with van der Waals surface area (Å²) >= 11 is 0. The van der Waals surface area contributed by atoms with Gasteiger partial charge in [0, 0.05) is 11.6 Å². The minimum Gasteiger partial charge on any atom is -0.496 e. The van der Waals surface area contributed by atoms with E-state index in [0.717, 1.165) is 5.75 Å². The molecule has 1 unspecified atom stereocenters. The van der Waals surface area contributed by atoms with Crippen LogP contribution in [0.25, 0.3) is 0 Å². The van der Waals surface area contributed by atoms with Crippen molar-refractivity contribution in [3.63, 3.8) is 0 Å². The van der Waals surface area contributed by atoms with Gasteiger partial charge in [-0.05, 0) is 52.0 Å². The van der Waals surface area contributed by atoms with E-state index in [1.807, 2.05) is 6.07 Å². The molecule has 1 aromatic rings. The summed E-state index contributed by atoms with van der Waals surface area (Å²) in [5, 5.41) is 3.48. The molecule has 0 radical (unpaired) electrons. The van der Waals surface area contributed by atoms with Gasteiger partial charge in [0.25, 0.3) is 0 Å². The zero-order valence-electron chi connectivity index (χ0n) is 11.6. The minimum atomic E-state index is 0.398. The molecule has 1 saturated heterocycles. The molecule has 1 aromatic carbocycles. The number of ether oxygens (including phenoxy) is 1. The van der Waals surface area contributed by atoms with Crippen molar-refractivity contribution in [2.75, 3.05) is 34.3 Å². The van der Waals surface area contributed by atoms with E-state index in [0.29, 0.717) is 12.0 Å². The van der Waals surface area contributed by atoms with Gasteiger partial charge in [-0.2, -0.15) is 0 Å². The van der Waals surface area contributed by atoms with E-state index >= 15 is 0 Å². The Kier molecular flexibility index (Phi) is 4.61. The van der Waals surface area contributed by atoms with Crippen LogP contribution in [0.5, 0.6) is 5.75 Å². The third-order valence-electron chi connectivity index (χ3n) is 4.02. The summed E-state index contributed by atoms with van der Waals surface area (Å²) in [6, 6.07) is 8.75. The van der Waals surface area contributed by atoms with E-state index in [1.54, 1.807) is 7.11 Å². The Hall–Kier alpha value is -1.06. The standard InChI is InChI=1S/C15H24N2O/c1-16-15(12-8-10-17(2)11-9-12)13-6-4-5-7-14(13)18-3/h4-7,12,15-16H,8-11H2,1-3H3. The van der Waals surface area contributed by atoms with Crippen LogP contribution in [0.2, 0.25) is 0 Å². The van der Waals surface area contributed by atoms with E-state index in [-0.39, 0.29) is 0 Å². The van der Waals surface area contributed by atoms with Crippen molar-refractivity contribution in [1.29, 1.82) is 0 Å². The third kappa shape index (κ3) is 2.85. The first-order valence-electron chi connectivity index (χ1n) is 6.75. The van der Waals surface area contributed by atoms with Gasteiger partial charge in [0.1, 0.15) is 5.75 Å². The molecule has 100 valence electrons. The van der Waals surface area contributed by atoms with E-state index in [2.05, 4.69) is 42.5 Å². The van der Waals surface area contributed by atoms with E-state index in [4.69, 9.17) is 4.74 Å². The lowest BCUT2D eigenvalue weighted by molar-refractivity contribution is 0.187. The first kappa shape index (κ1) is 13.4. The van der Waals surface area contributed by atoms with Crippen LogP contribution in [0.1, 0.15) is 24.4 Å². The second kappa shape index (κ2) is 6.21. The van der Waals surface area contributed by atoms with Crippen molar-refractivity contribution < 1.29 is 4.74 Å². The molecule has 3 heteroatoms. The Bertz CT molecular complexity index is 373. The fourth-order valence-electron chi connectivity index (χ4n) is 2.93. The highest BCUT2D eigenvalue weighted by Gasteiger charge is 2.27. The van der Waals surface area contributed by atoms with Crippen molar-refractivity contribution in [3.05, 3.63) is 29.8 Å². The number of hydrogen-bond donors (Lipinski definition) is 1. The number of methoxy groups -OCH3 is 1. The fraction of sp³-hybridized carbons (Fsp3) is 0.600. The molecule has 1 aliphatic heterocycles. The summed E-state index contributed by atoms with van der Waals surface area (Å²) < 4.78 is 5.49. The number of rotatable bonds is 4. The van der Waals surface area contributed by atoms with Crippen LogP contribution < -0.4 is 10.1 Å². The molecule has 3 nitrogen and oxygen atoms in total. The summed E-state index contributed by atoms with van der Waals surface area (Å²) in [6.07, 6.45) is 2.50. The second-order valence-corrected chi connectivity index (χ2v) is 5.15. The second-order valence-electron chi connectivity index (χ2n) is 5.15. The SMILES string of the molecule is CNC(c1ccccc1OC)C1CCN(C)CC1. The lowest BCUT2D eigenvalue weighted by atomic mass is 9.85. The van der Waals surface area contributed by atoms with Crippen LogP contribution in [-0.4, -0.2) is 39.2 Å². The summed E-state index contributed by atoms with van der Waals surface area (Å²) in [4.78, 5) is 2.41. The molecule has 1 atom stereocenters. The zero-order chi connectivity index (χ0) is 13.0. The normalized spacial score (nSPS) is 19.7. The molecule has 0 saturated carbocycles. The van der Waals surface area contributed by atoms with Gasteiger partial charge in [-0.1, -0.05) is 18.2 Å². The average Bonchev–Trinajstić information content (AvgIpc) is 2.42. The van der Waals surface area contributed by atoms with Gasteiger partial charge in [-0.15, -0.1) is 0 Å². The Labute approximate surface area is 110 Å². The molecular weight excluding hydrogens is 224 g/mol.